The van der Waals surface area contributed by atoms with E-state index in [1.54, 1.807) is 9.47 Å². The third kappa shape index (κ3) is 15.5. The maximum absolute atomic E-state index is 13.9. The number of hydrogen-bond donors (Lipinski definition) is 2. The van der Waals surface area contributed by atoms with Crippen LogP contribution in [0.25, 0.3) is 0 Å². The van der Waals surface area contributed by atoms with Crippen LogP contribution in [-0.4, -0.2) is 183 Å². The lowest BCUT2D eigenvalue weighted by Crippen LogP contribution is -2.61. The molecule has 0 fully saturated rings. The standard InChI is InChI=1S/C28H18F40O10/c29-7(77-27(65,66)23(57,58)15(41,42)5-73-19(49,50)9(31)75-25(61,62)21(53,54)11(33,34)1-69)17(45,46)71-3-13(37,38)14(39,40)4-72-18(47,48)8(30)78-28(67,68)24(59,60)16(43,44)6-74-20(51,52)10(32)76-26(63,64)22(55,56)12(35,36)2-70/h7-10,69-70H,1-6H2. The number of hydrogen-bond acceptors (Lipinski definition) is 10. The van der Waals surface area contributed by atoms with Crippen molar-refractivity contribution in [3.05, 3.63) is 0 Å². The van der Waals surface area contributed by atoms with E-state index in [-0.39, 0.29) is 0 Å². The first-order chi connectivity index (χ1) is 33.7. The molecular formula is C28H18F40O10. The summed E-state index contributed by atoms with van der Waals surface area (Å²) in [4.78, 5) is 0. The van der Waals surface area contributed by atoms with Crippen molar-refractivity contribution in [2.45, 2.75) is 134 Å². The number of halogens is 40. The van der Waals surface area contributed by atoms with E-state index in [1.807, 2.05) is 9.47 Å². The van der Waals surface area contributed by atoms with Gasteiger partial charge in [-0.3, -0.25) is 18.9 Å². The van der Waals surface area contributed by atoms with Gasteiger partial charge in [-0.05, 0) is 0 Å². The molecule has 0 aliphatic rings. The van der Waals surface area contributed by atoms with Gasteiger partial charge in [0.1, 0.15) is 39.6 Å². The maximum atomic E-state index is 13.9. The molecular weight excluding hydrogens is 1260 g/mol. The summed E-state index contributed by atoms with van der Waals surface area (Å²) in [5.41, 5.74) is 0. The Hall–Kier alpha value is -3.20. The molecule has 0 aromatic heterocycles. The van der Waals surface area contributed by atoms with Crippen LogP contribution in [-0.2, 0) is 37.9 Å². The SMILES string of the molecule is OCC(F)(F)C(F)(F)C(F)(F)OC(F)C(F)(F)OCC(F)(F)C(F)(F)C(F)(F)OC(F)C(F)(F)OCC(F)(F)C(F)(F)COC(F)(F)C(F)OC(F)(F)C(F)(F)C(F)(F)COC(F)(F)C(F)OC(F)(F)C(F)(F)C(F)(F)CO. The molecule has 2 N–H and O–H groups in total. The summed E-state index contributed by atoms with van der Waals surface area (Å²) in [5, 5.41) is 16.0. The Morgan fingerprint density at radius 1 is 0.231 bits per heavy atom. The Morgan fingerprint density at radius 2 is 0.372 bits per heavy atom. The monoisotopic (exact) mass is 1270 g/mol. The second-order valence-corrected chi connectivity index (χ2v) is 14.0. The first-order valence-corrected chi connectivity index (χ1v) is 17.6. The normalized spacial score (nSPS) is 17.6. The van der Waals surface area contributed by atoms with Gasteiger partial charge in [-0.1, -0.05) is 0 Å². The second-order valence-electron chi connectivity index (χ2n) is 14.0. The van der Waals surface area contributed by atoms with Crippen LogP contribution < -0.4 is 0 Å². The lowest BCUT2D eigenvalue weighted by Gasteiger charge is -2.35. The van der Waals surface area contributed by atoms with Crippen molar-refractivity contribution in [1.29, 1.82) is 0 Å². The largest absolute Gasteiger partial charge is 0.428 e. The van der Waals surface area contributed by atoms with Gasteiger partial charge >= 0.3 is 108 Å². The van der Waals surface area contributed by atoms with Crippen molar-refractivity contribution < 1.29 is 224 Å². The number of ether oxygens (including phenoxy) is 8. The molecule has 0 aliphatic heterocycles. The van der Waals surface area contributed by atoms with Crippen LogP contribution in [0.5, 0.6) is 0 Å². The van der Waals surface area contributed by atoms with Crippen LogP contribution in [0.4, 0.5) is 176 Å². The van der Waals surface area contributed by atoms with Gasteiger partial charge in [-0.25, -0.2) is 17.6 Å². The Kier molecular flexibility index (Phi) is 21.9. The van der Waals surface area contributed by atoms with Crippen LogP contribution in [0.1, 0.15) is 0 Å². The van der Waals surface area contributed by atoms with E-state index >= 15 is 0 Å². The van der Waals surface area contributed by atoms with Crippen molar-refractivity contribution in [3.8, 4) is 0 Å². The fourth-order valence-electron chi connectivity index (χ4n) is 3.54. The van der Waals surface area contributed by atoms with Crippen molar-refractivity contribution in [2.75, 3.05) is 39.6 Å². The highest BCUT2D eigenvalue weighted by molar-refractivity contribution is 4.96. The van der Waals surface area contributed by atoms with E-state index in [4.69, 9.17) is 10.2 Å². The molecule has 0 radical (unpaired) electrons. The zero-order chi connectivity index (χ0) is 63.2. The molecule has 0 amide bonds. The van der Waals surface area contributed by atoms with Gasteiger partial charge in [0.15, 0.2) is 0 Å². The topological polar surface area (TPSA) is 114 Å². The molecule has 0 aliphatic carbocycles. The Balaban J connectivity index is 6.01. The molecule has 4 atom stereocenters. The van der Waals surface area contributed by atoms with Gasteiger partial charge in [-0.2, -0.15) is 158 Å². The molecule has 0 saturated heterocycles. The molecule has 50 heteroatoms. The van der Waals surface area contributed by atoms with Gasteiger partial charge in [-0.15, -0.1) is 0 Å². The van der Waals surface area contributed by atoms with Gasteiger partial charge in [0.2, 0.25) is 0 Å². The van der Waals surface area contributed by atoms with E-state index < -0.39 is 173 Å². The first kappa shape index (κ1) is 74.8. The Bertz CT molecular complexity index is 1800. The minimum Gasteiger partial charge on any atom is -0.390 e. The molecule has 4 unspecified atom stereocenters. The van der Waals surface area contributed by atoms with Crippen molar-refractivity contribution >= 4 is 0 Å². The third-order valence-electron chi connectivity index (χ3n) is 8.08. The maximum Gasteiger partial charge on any atom is 0.428 e. The van der Waals surface area contributed by atoms with Crippen LogP contribution in [0, 0.1) is 0 Å². The number of aliphatic hydroxyl groups is 2. The summed E-state index contributed by atoms with van der Waals surface area (Å²) in [7, 11) is 0. The van der Waals surface area contributed by atoms with Gasteiger partial charge in [0.05, 0.1) is 0 Å². The van der Waals surface area contributed by atoms with Crippen molar-refractivity contribution in [2.24, 2.45) is 0 Å². The molecule has 10 nitrogen and oxygen atoms in total. The fraction of sp³-hybridized carbons (Fsp3) is 1.00. The third-order valence-corrected chi connectivity index (χ3v) is 8.08. The quantitative estimate of drug-likeness (QED) is 0.0595. The zero-order valence-corrected chi connectivity index (χ0v) is 34.8. The summed E-state index contributed by atoms with van der Waals surface area (Å²) in [6, 6.07) is 0. The van der Waals surface area contributed by atoms with Gasteiger partial charge in [0.25, 0.3) is 25.4 Å². The highest BCUT2D eigenvalue weighted by Gasteiger charge is 2.79. The lowest BCUT2D eigenvalue weighted by molar-refractivity contribution is -0.470. The van der Waals surface area contributed by atoms with E-state index in [9.17, 15) is 176 Å². The molecule has 0 saturated carbocycles. The average Bonchev–Trinajstić information content (AvgIpc) is 3.25. The van der Waals surface area contributed by atoms with Crippen LogP contribution in [0.2, 0.25) is 0 Å². The predicted octanol–water partition coefficient (Wildman–Crippen LogP) is 11.4. The minimum absolute atomic E-state index is 1.78. The van der Waals surface area contributed by atoms with Gasteiger partial charge < -0.3 is 29.2 Å². The summed E-state index contributed by atoms with van der Waals surface area (Å²) in [6.45, 7) is -23.8. The highest BCUT2D eigenvalue weighted by atomic mass is 19.4. The summed E-state index contributed by atoms with van der Waals surface area (Å²) >= 11 is 0. The summed E-state index contributed by atoms with van der Waals surface area (Å²) < 4.78 is 559. The van der Waals surface area contributed by atoms with E-state index in [0.717, 1.165) is 0 Å². The van der Waals surface area contributed by atoms with Crippen molar-refractivity contribution in [3.63, 3.8) is 0 Å². The van der Waals surface area contributed by atoms with E-state index in [2.05, 4.69) is 18.9 Å². The summed E-state index contributed by atoms with van der Waals surface area (Å²) in [5.74, 6) is -72.1. The van der Waals surface area contributed by atoms with E-state index in [1.165, 1.54) is 0 Å². The van der Waals surface area contributed by atoms with Crippen LogP contribution in [0.3, 0.4) is 0 Å². The molecule has 0 aromatic rings. The Morgan fingerprint density at radius 3 is 0.526 bits per heavy atom. The van der Waals surface area contributed by atoms with Crippen LogP contribution >= 0.6 is 0 Å². The second kappa shape index (κ2) is 22.9. The Labute approximate surface area is 398 Å². The van der Waals surface area contributed by atoms with Crippen molar-refractivity contribution in [1.82, 2.24) is 0 Å². The minimum atomic E-state index is -7.99. The molecule has 470 valence electrons. The average molecular weight is 1270 g/mol. The van der Waals surface area contributed by atoms with Crippen LogP contribution in [0.15, 0.2) is 0 Å². The number of aliphatic hydroxyl groups excluding tert-OH is 2. The molecule has 78 heavy (non-hydrogen) atoms. The number of rotatable bonds is 35. The number of alkyl halides is 40. The zero-order valence-electron chi connectivity index (χ0n) is 34.8. The molecule has 0 bridgehead atoms. The fourth-order valence-corrected chi connectivity index (χ4v) is 3.54. The molecule has 0 aromatic carbocycles. The first-order valence-electron chi connectivity index (χ1n) is 17.6. The summed E-state index contributed by atoms with van der Waals surface area (Å²) in [6.07, 6.45) is -82.1. The predicted molar refractivity (Wildman–Crippen MR) is 151 cm³/mol. The van der Waals surface area contributed by atoms with Gasteiger partial charge in [0, 0.05) is 0 Å². The lowest BCUT2D eigenvalue weighted by atomic mass is 10.1. The van der Waals surface area contributed by atoms with E-state index in [0.29, 0.717) is 0 Å². The molecule has 0 heterocycles. The smallest absolute Gasteiger partial charge is 0.390 e. The molecule has 0 rings (SSSR count). The highest BCUT2D eigenvalue weighted by Crippen LogP contribution is 2.53. The molecule has 0 spiro atoms.